The Morgan fingerprint density at radius 2 is 1.38 bits per heavy atom. The highest BCUT2D eigenvalue weighted by atomic mass is 16.3. The molecule has 0 spiro atoms. The summed E-state index contributed by atoms with van der Waals surface area (Å²) in [6, 6.07) is -2.04. The highest BCUT2D eigenvalue weighted by Gasteiger charge is 2.34. The van der Waals surface area contributed by atoms with Crippen LogP contribution in [0.5, 0.6) is 0 Å². The van der Waals surface area contributed by atoms with Crippen molar-refractivity contribution in [2.75, 3.05) is 32.7 Å². The highest BCUT2D eigenvalue weighted by molar-refractivity contribution is 5.94. The lowest BCUT2D eigenvalue weighted by atomic mass is 10.1. The average molecular weight is 528 g/mol. The zero-order valence-electron chi connectivity index (χ0n) is 22.2. The summed E-state index contributed by atoms with van der Waals surface area (Å²) in [6.07, 6.45) is -0.158. The van der Waals surface area contributed by atoms with E-state index in [9.17, 15) is 33.9 Å². The van der Waals surface area contributed by atoms with Gasteiger partial charge >= 0.3 is 0 Å². The number of rotatable bonds is 14. The molecule has 3 unspecified atom stereocenters. The molecule has 0 aromatic rings. The first-order valence-corrected chi connectivity index (χ1v) is 12.4. The maximum Gasteiger partial charge on any atom is 0.245 e. The third-order valence-corrected chi connectivity index (χ3v) is 5.36. The number of carbonyl (C=O) groups is 6. The normalized spacial score (nSPS) is 16.6. The fourth-order valence-corrected chi connectivity index (χ4v) is 3.54. The van der Waals surface area contributed by atoms with Crippen molar-refractivity contribution in [2.45, 2.75) is 77.7 Å². The van der Waals surface area contributed by atoms with E-state index in [0.717, 1.165) is 0 Å². The lowest BCUT2D eigenvalue weighted by Gasteiger charge is -2.25. The van der Waals surface area contributed by atoms with E-state index in [1.165, 1.54) is 11.8 Å². The molecule has 0 radical (unpaired) electrons. The standard InChI is InChI=1S/C23H41N7O7/c1-13(2)24-12-20(35)30-8-6-7-16(30)22(36)26-11-19(34)29-21(15(5)31)23(37)27-9-17(32)25-10-18(33)28-14(3)4/h13-16,21,24,31H,6-12H2,1-5H3,(H,25,32)(H,26,36)(H,27,37)(H,28,33)(H,29,34). The van der Waals surface area contributed by atoms with Crippen molar-refractivity contribution in [1.82, 2.24) is 36.8 Å². The summed E-state index contributed by atoms with van der Waals surface area (Å²) in [4.78, 5) is 74.7. The molecule has 1 rings (SSSR count). The Morgan fingerprint density at radius 3 is 1.97 bits per heavy atom. The van der Waals surface area contributed by atoms with Crippen LogP contribution in [0.4, 0.5) is 0 Å². The second-order valence-electron chi connectivity index (χ2n) is 9.50. The molecule has 1 fully saturated rings. The van der Waals surface area contributed by atoms with Gasteiger partial charge in [-0.05, 0) is 33.6 Å². The minimum atomic E-state index is -1.38. The van der Waals surface area contributed by atoms with Crippen molar-refractivity contribution in [2.24, 2.45) is 0 Å². The van der Waals surface area contributed by atoms with Crippen LogP contribution in [0.25, 0.3) is 0 Å². The van der Waals surface area contributed by atoms with Crippen molar-refractivity contribution >= 4 is 35.4 Å². The van der Waals surface area contributed by atoms with Crippen LogP contribution < -0.4 is 31.9 Å². The molecular formula is C23H41N7O7. The first kappa shape index (κ1) is 31.8. The van der Waals surface area contributed by atoms with Crippen LogP contribution in [0, 0.1) is 0 Å². The van der Waals surface area contributed by atoms with Gasteiger partial charge in [0.25, 0.3) is 0 Å². The largest absolute Gasteiger partial charge is 0.391 e. The van der Waals surface area contributed by atoms with Crippen molar-refractivity contribution in [3.05, 3.63) is 0 Å². The van der Waals surface area contributed by atoms with Gasteiger partial charge in [0.1, 0.15) is 12.1 Å². The highest BCUT2D eigenvalue weighted by Crippen LogP contribution is 2.17. The number of hydrogen-bond donors (Lipinski definition) is 7. The maximum absolute atomic E-state index is 12.6. The number of nitrogens with zero attached hydrogens (tertiary/aromatic N) is 1. The summed E-state index contributed by atoms with van der Waals surface area (Å²) < 4.78 is 0. The van der Waals surface area contributed by atoms with E-state index < -0.39 is 54.9 Å². The van der Waals surface area contributed by atoms with Crippen LogP contribution >= 0.6 is 0 Å². The zero-order valence-corrected chi connectivity index (χ0v) is 22.2. The van der Waals surface area contributed by atoms with Gasteiger partial charge in [-0.1, -0.05) is 13.8 Å². The van der Waals surface area contributed by atoms with Crippen LogP contribution in [-0.4, -0.2) is 108 Å². The fourth-order valence-electron chi connectivity index (χ4n) is 3.54. The predicted octanol–water partition coefficient (Wildman–Crippen LogP) is -3.29. The van der Waals surface area contributed by atoms with Crippen molar-refractivity contribution in [3.63, 3.8) is 0 Å². The molecule has 1 saturated heterocycles. The summed E-state index contributed by atoms with van der Waals surface area (Å²) in [6.45, 7) is 7.99. The molecule has 210 valence electrons. The summed E-state index contributed by atoms with van der Waals surface area (Å²) in [5.74, 6) is -3.26. The number of hydrogen-bond acceptors (Lipinski definition) is 8. The zero-order chi connectivity index (χ0) is 28.1. The lowest BCUT2D eigenvalue weighted by molar-refractivity contribution is -0.138. The number of carbonyl (C=O) groups excluding carboxylic acids is 6. The first-order valence-electron chi connectivity index (χ1n) is 12.4. The molecule has 1 heterocycles. The molecule has 3 atom stereocenters. The summed E-state index contributed by atoms with van der Waals surface area (Å²) in [7, 11) is 0. The van der Waals surface area contributed by atoms with Crippen LogP contribution in [0.2, 0.25) is 0 Å². The number of nitrogens with one attached hydrogen (secondary N) is 6. The van der Waals surface area contributed by atoms with E-state index in [-0.39, 0.29) is 37.0 Å². The van der Waals surface area contributed by atoms with Gasteiger partial charge in [-0.25, -0.2) is 0 Å². The van der Waals surface area contributed by atoms with Gasteiger partial charge in [0, 0.05) is 18.6 Å². The molecule has 37 heavy (non-hydrogen) atoms. The smallest absolute Gasteiger partial charge is 0.245 e. The minimum absolute atomic E-state index is 0.0871. The Morgan fingerprint density at radius 1 is 0.784 bits per heavy atom. The molecule has 6 amide bonds. The third-order valence-electron chi connectivity index (χ3n) is 5.36. The number of aliphatic hydroxyl groups excluding tert-OH is 1. The Bertz CT molecular complexity index is 832. The van der Waals surface area contributed by atoms with Crippen LogP contribution in [-0.2, 0) is 28.8 Å². The van der Waals surface area contributed by atoms with Gasteiger partial charge in [-0.15, -0.1) is 0 Å². The van der Waals surface area contributed by atoms with Crippen molar-refractivity contribution in [3.8, 4) is 0 Å². The van der Waals surface area contributed by atoms with Gasteiger partial charge in [0.15, 0.2) is 0 Å². The molecule has 0 aromatic carbocycles. The van der Waals surface area contributed by atoms with Crippen LogP contribution in [0.15, 0.2) is 0 Å². The van der Waals surface area contributed by atoms with E-state index in [1.54, 1.807) is 13.8 Å². The second kappa shape index (κ2) is 15.8. The van der Waals surface area contributed by atoms with E-state index in [1.807, 2.05) is 13.8 Å². The van der Waals surface area contributed by atoms with E-state index >= 15 is 0 Å². The van der Waals surface area contributed by atoms with Crippen molar-refractivity contribution < 1.29 is 33.9 Å². The monoisotopic (exact) mass is 527 g/mol. The van der Waals surface area contributed by atoms with E-state index in [4.69, 9.17) is 0 Å². The Balaban J connectivity index is 2.50. The molecule has 0 aliphatic carbocycles. The van der Waals surface area contributed by atoms with Crippen LogP contribution in [0.1, 0.15) is 47.5 Å². The van der Waals surface area contributed by atoms with Crippen molar-refractivity contribution in [1.29, 1.82) is 0 Å². The minimum Gasteiger partial charge on any atom is -0.391 e. The molecule has 14 nitrogen and oxygen atoms in total. The average Bonchev–Trinajstić information content (AvgIpc) is 3.31. The number of amides is 6. The third kappa shape index (κ3) is 12.0. The quantitative estimate of drug-likeness (QED) is 0.122. The second-order valence-corrected chi connectivity index (χ2v) is 9.50. The molecular weight excluding hydrogens is 486 g/mol. The Labute approximate surface area is 217 Å². The van der Waals surface area contributed by atoms with E-state index in [0.29, 0.717) is 19.4 Å². The van der Waals surface area contributed by atoms with Gasteiger partial charge in [-0.2, -0.15) is 0 Å². The van der Waals surface area contributed by atoms with Gasteiger partial charge in [0.05, 0.1) is 32.3 Å². The summed E-state index contributed by atoms with van der Waals surface area (Å²) in [5.41, 5.74) is 0. The molecule has 0 bridgehead atoms. The van der Waals surface area contributed by atoms with Gasteiger partial charge < -0.3 is 41.9 Å². The Kier molecular flexibility index (Phi) is 13.5. The predicted molar refractivity (Wildman–Crippen MR) is 134 cm³/mol. The molecule has 1 aliphatic rings. The SMILES string of the molecule is CC(C)NCC(=O)N1CCCC1C(=O)NCC(=O)NC(C(=O)NCC(=O)NCC(=O)NC(C)C)C(C)O. The number of aliphatic hydroxyl groups is 1. The molecule has 14 heteroatoms. The summed E-state index contributed by atoms with van der Waals surface area (Å²) in [5, 5.41) is 25.0. The van der Waals surface area contributed by atoms with Crippen LogP contribution in [0.3, 0.4) is 0 Å². The summed E-state index contributed by atoms with van der Waals surface area (Å²) >= 11 is 0. The maximum atomic E-state index is 12.6. The topological polar surface area (TPSA) is 198 Å². The number of likely N-dealkylation sites (tertiary alicyclic amines) is 1. The van der Waals surface area contributed by atoms with Gasteiger partial charge in [-0.3, -0.25) is 28.8 Å². The lowest BCUT2D eigenvalue weighted by Crippen LogP contribution is -2.56. The fraction of sp³-hybridized carbons (Fsp3) is 0.739. The first-order chi connectivity index (χ1) is 17.3. The molecule has 0 saturated carbocycles. The van der Waals surface area contributed by atoms with E-state index in [2.05, 4.69) is 31.9 Å². The molecule has 7 N–H and O–H groups in total. The molecule has 1 aliphatic heterocycles. The Hall–Kier alpha value is -3.26. The van der Waals surface area contributed by atoms with Gasteiger partial charge in [0.2, 0.25) is 35.4 Å². The molecule has 0 aromatic heterocycles.